The zero-order chi connectivity index (χ0) is 20.1. The smallest absolute Gasteiger partial charge is 0.254 e. The second kappa shape index (κ2) is 8.61. The summed E-state index contributed by atoms with van der Waals surface area (Å²) in [6.45, 7) is 0.636. The summed E-state index contributed by atoms with van der Waals surface area (Å²) in [5, 5.41) is 2.87. The molecule has 146 valence electrons. The van der Waals surface area contributed by atoms with Gasteiger partial charge in [0, 0.05) is 18.3 Å². The van der Waals surface area contributed by atoms with Crippen molar-refractivity contribution in [2.75, 3.05) is 11.4 Å². The summed E-state index contributed by atoms with van der Waals surface area (Å²) < 4.78 is 5.21. The largest absolute Gasteiger partial charge is 0.465 e. The van der Waals surface area contributed by atoms with Crippen molar-refractivity contribution in [2.24, 2.45) is 0 Å². The van der Waals surface area contributed by atoms with Crippen LogP contribution in [-0.2, 0) is 16.0 Å². The average molecular weight is 386 g/mol. The van der Waals surface area contributed by atoms with Gasteiger partial charge < -0.3 is 14.6 Å². The third-order valence-corrected chi connectivity index (χ3v) is 4.98. The Kier molecular flexibility index (Phi) is 5.56. The van der Waals surface area contributed by atoms with Crippen molar-refractivity contribution in [3.63, 3.8) is 0 Å². The molecule has 1 atom stereocenters. The summed E-state index contributed by atoms with van der Waals surface area (Å²) in [6.07, 6.45) is 6.36. The summed E-state index contributed by atoms with van der Waals surface area (Å²) in [4.78, 5) is 27.8. The first kappa shape index (κ1) is 18.7. The van der Waals surface area contributed by atoms with Crippen molar-refractivity contribution in [3.8, 4) is 0 Å². The average Bonchev–Trinajstić information content (AvgIpc) is 3.29. The molecule has 1 N–H and O–H groups in total. The summed E-state index contributed by atoms with van der Waals surface area (Å²) in [6, 6.07) is 20.0. The van der Waals surface area contributed by atoms with Gasteiger partial charge in [-0.05, 0) is 48.2 Å². The van der Waals surface area contributed by atoms with Gasteiger partial charge in [0.1, 0.15) is 11.8 Å². The number of carbonyl (C=O) groups is 2. The Morgan fingerprint density at radius 1 is 1.00 bits per heavy atom. The Bertz CT molecular complexity index is 1010. The van der Waals surface area contributed by atoms with Gasteiger partial charge in [-0.1, -0.05) is 48.5 Å². The molecule has 0 spiro atoms. The quantitative estimate of drug-likeness (QED) is 0.671. The molecule has 5 heteroatoms. The van der Waals surface area contributed by atoms with E-state index in [1.165, 1.54) is 6.08 Å². The van der Waals surface area contributed by atoms with E-state index in [0.717, 1.165) is 29.7 Å². The predicted molar refractivity (Wildman–Crippen MR) is 112 cm³/mol. The number of hydrogen-bond donors (Lipinski definition) is 1. The SMILES string of the molecule is O=C(/C=C/c1ccco1)N[C@H](C(=O)N1CCCc2ccccc21)c1ccccc1. The third-order valence-electron chi connectivity index (χ3n) is 4.98. The maximum absolute atomic E-state index is 13.5. The van der Waals surface area contributed by atoms with E-state index < -0.39 is 6.04 Å². The van der Waals surface area contributed by atoms with E-state index in [0.29, 0.717) is 12.3 Å². The van der Waals surface area contributed by atoms with Gasteiger partial charge in [-0.2, -0.15) is 0 Å². The molecule has 0 saturated carbocycles. The highest BCUT2D eigenvalue weighted by Gasteiger charge is 2.30. The van der Waals surface area contributed by atoms with Crippen LogP contribution in [0.2, 0.25) is 0 Å². The monoisotopic (exact) mass is 386 g/mol. The van der Waals surface area contributed by atoms with Crippen LogP contribution in [0, 0.1) is 0 Å². The minimum Gasteiger partial charge on any atom is -0.465 e. The summed E-state index contributed by atoms with van der Waals surface area (Å²) in [5.74, 6) is 0.0877. The zero-order valence-electron chi connectivity index (χ0n) is 16.0. The standard InChI is InChI=1S/C24H22N2O3/c27-22(15-14-20-12-7-17-29-20)25-23(19-9-2-1-3-10-19)24(28)26-16-6-11-18-8-4-5-13-21(18)26/h1-5,7-10,12-15,17,23H,6,11,16H2,(H,25,27)/b15-14+/t23-/m0/s1. The Morgan fingerprint density at radius 2 is 1.79 bits per heavy atom. The Morgan fingerprint density at radius 3 is 2.59 bits per heavy atom. The first-order chi connectivity index (χ1) is 14.2. The zero-order valence-corrected chi connectivity index (χ0v) is 16.0. The molecule has 2 amide bonds. The molecule has 3 aromatic rings. The molecule has 1 aliphatic rings. The van der Waals surface area contributed by atoms with Crippen LogP contribution in [0.3, 0.4) is 0 Å². The molecule has 29 heavy (non-hydrogen) atoms. The number of benzene rings is 2. The maximum atomic E-state index is 13.5. The summed E-state index contributed by atoms with van der Waals surface area (Å²) in [7, 11) is 0. The van der Waals surface area contributed by atoms with Crippen LogP contribution in [0.4, 0.5) is 5.69 Å². The number of carbonyl (C=O) groups excluding carboxylic acids is 2. The van der Waals surface area contributed by atoms with E-state index in [4.69, 9.17) is 4.42 Å². The number of aryl methyl sites for hydroxylation is 1. The van der Waals surface area contributed by atoms with Crippen LogP contribution in [0.1, 0.15) is 29.3 Å². The normalized spacial score (nSPS) is 14.4. The molecule has 0 unspecified atom stereocenters. The van der Waals surface area contributed by atoms with Gasteiger partial charge in [0.2, 0.25) is 5.91 Å². The van der Waals surface area contributed by atoms with Crippen LogP contribution >= 0.6 is 0 Å². The lowest BCUT2D eigenvalue weighted by Gasteiger charge is -2.32. The lowest BCUT2D eigenvalue weighted by molar-refractivity contribution is -0.125. The minimum absolute atomic E-state index is 0.136. The van der Waals surface area contributed by atoms with Crippen molar-refractivity contribution in [1.82, 2.24) is 5.32 Å². The molecule has 5 nitrogen and oxygen atoms in total. The topological polar surface area (TPSA) is 62.6 Å². The number of hydrogen-bond acceptors (Lipinski definition) is 3. The second-order valence-corrected chi connectivity index (χ2v) is 6.92. The first-order valence-corrected chi connectivity index (χ1v) is 9.69. The first-order valence-electron chi connectivity index (χ1n) is 9.69. The van der Waals surface area contributed by atoms with Crippen LogP contribution in [0.5, 0.6) is 0 Å². The fraction of sp³-hybridized carbons (Fsp3) is 0.167. The molecule has 2 aromatic carbocycles. The van der Waals surface area contributed by atoms with E-state index in [2.05, 4.69) is 11.4 Å². The van der Waals surface area contributed by atoms with Gasteiger partial charge in [0.25, 0.3) is 5.91 Å². The third kappa shape index (κ3) is 4.29. The van der Waals surface area contributed by atoms with Crippen LogP contribution < -0.4 is 10.2 Å². The number of rotatable bonds is 5. The number of amides is 2. The lowest BCUT2D eigenvalue weighted by Crippen LogP contribution is -2.44. The molecule has 4 rings (SSSR count). The fourth-order valence-electron chi connectivity index (χ4n) is 3.59. The molecule has 1 aromatic heterocycles. The number of anilines is 1. The molecule has 2 heterocycles. The molecule has 0 saturated heterocycles. The fourth-order valence-corrected chi connectivity index (χ4v) is 3.59. The van der Waals surface area contributed by atoms with E-state index >= 15 is 0 Å². The molecule has 0 bridgehead atoms. The number of nitrogens with zero attached hydrogens (tertiary/aromatic N) is 1. The van der Waals surface area contributed by atoms with Crippen molar-refractivity contribution < 1.29 is 14.0 Å². The van der Waals surface area contributed by atoms with Crippen LogP contribution in [-0.4, -0.2) is 18.4 Å². The number of nitrogens with one attached hydrogen (secondary N) is 1. The predicted octanol–water partition coefficient (Wildman–Crippen LogP) is 4.13. The van der Waals surface area contributed by atoms with Crippen LogP contribution in [0.15, 0.2) is 83.5 Å². The molecule has 0 fully saturated rings. The van der Waals surface area contributed by atoms with Gasteiger partial charge in [0.15, 0.2) is 0 Å². The van der Waals surface area contributed by atoms with Gasteiger partial charge >= 0.3 is 0 Å². The highest BCUT2D eigenvalue weighted by molar-refractivity contribution is 6.02. The molecular weight excluding hydrogens is 364 g/mol. The van der Waals surface area contributed by atoms with Gasteiger partial charge in [-0.15, -0.1) is 0 Å². The number of para-hydroxylation sites is 1. The Balaban J connectivity index is 1.60. The second-order valence-electron chi connectivity index (χ2n) is 6.92. The highest BCUT2D eigenvalue weighted by Crippen LogP contribution is 2.29. The summed E-state index contributed by atoms with van der Waals surface area (Å²) in [5.41, 5.74) is 2.83. The van der Waals surface area contributed by atoms with E-state index in [9.17, 15) is 9.59 Å². The van der Waals surface area contributed by atoms with E-state index in [1.807, 2.05) is 48.5 Å². The number of fused-ring (bicyclic) bond motifs is 1. The Labute approximate surface area is 169 Å². The lowest BCUT2D eigenvalue weighted by atomic mass is 9.99. The minimum atomic E-state index is -0.767. The van der Waals surface area contributed by atoms with Gasteiger partial charge in [0.05, 0.1) is 6.26 Å². The van der Waals surface area contributed by atoms with Crippen molar-refractivity contribution in [3.05, 3.63) is 96.0 Å². The molecular formula is C24H22N2O3. The number of furan rings is 1. The highest BCUT2D eigenvalue weighted by atomic mass is 16.3. The van der Waals surface area contributed by atoms with Crippen molar-refractivity contribution in [1.29, 1.82) is 0 Å². The van der Waals surface area contributed by atoms with E-state index in [1.54, 1.807) is 29.4 Å². The molecule has 0 aliphatic carbocycles. The van der Waals surface area contributed by atoms with Crippen molar-refractivity contribution in [2.45, 2.75) is 18.9 Å². The summed E-state index contributed by atoms with van der Waals surface area (Å²) >= 11 is 0. The molecule has 0 radical (unpaired) electrons. The maximum Gasteiger partial charge on any atom is 0.254 e. The van der Waals surface area contributed by atoms with Crippen molar-refractivity contribution >= 4 is 23.6 Å². The Hall–Kier alpha value is -3.60. The van der Waals surface area contributed by atoms with E-state index in [-0.39, 0.29) is 11.8 Å². The molecule has 1 aliphatic heterocycles. The van der Waals surface area contributed by atoms with Gasteiger partial charge in [-0.25, -0.2) is 0 Å². The van der Waals surface area contributed by atoms with Crippen LogP contribution in [0.25, 0.3) is 6.08 Å². The van der Waals surface area contributed by atoms with Gasteiger partial charge in [-0.3, -0.25) is 9.59 Å².